The lowest BCUT2D eigenvalue weighted by Gasteiger charge is -2.24. The number of ether oxygens (including phenoxy) is 2. The fraction of sp³-hybridized carbons (Fsp3) is 0.278. The molecule has 0 saturated heterocycles. The van der Waals surface area contributed by atoms with E-state index < -0.39 is 4.75 Å². The van der Waals surface area contributed by atoms with Crippen LogP contribution in [-0.4, -0.2) is 14.2 Å². The molecule has 0 spiro atoms. The van der Waals surface area contributed by atoms with Gasteiger partial charge < -0.3 is 9.47 Å². The highest BCUT2D eigenvalue weighted by Crippen LogP contribution is 2.47. The van der Waals surface area contributed by atoms with Crippen LogP contribution < -0.4 is 9.47 Å². The molecular weight excluding hydrogens is 294 g/mol. The number of hydrogen-bond acceptors (Lipinski definition) is 4. The van der Waals surface area contributed by atoms with Crippen molar-refractivity contribution in [3.63, 3.8) is 0 Å². The molecule has 0 N–H and O–H groups in total. The summed E-state index contributed by atoms with van der Waals surface area (Å²) in [5.41, 5.74) is 2.00. The Hall–Kier alpha value is -2.12. The summed E-state index contributed by atoms with van der Waals surface area (Å²) in [5, 5.41) is 9.77. The Bertz CT molecular complexity index is 691. The van der Waals surface area contributed by atoms with Gasteiger partial charge in [0.25, 0.3) is 0 Å². The van der Waals surface area contributed by atoms with Gasteiger partial charge in [-0.2, -0.15) is 5.26 Å². The summed E-state index contributed by atoms with van der Waals surface area (Å²) < 4.78 is 10.1. The monoisotopic (exact) mass is 313 g/mol. The van der Waals surface area contributed by atoms with Gasteiger partial charge in [0, 0.05) is 10.5 Å². The maximum Gasteiger partial charge on any atom is 0.166 e. The smallest absolute Gasteiger partial charge is 0.166 e. The molecule has 2 aromatic carbocycles. The number of benzene rings is 2. The average Bonchev–Trinajstić information content (AvgIpc) is 2.56. The Kier molecular flexibility index (Phi) is 4.99. The van der Waals surface area contributed by atoms with Gasteiger partial charge in [-0.05, 0) is 32.0 Å². The van der Waals surface area contributed by atoms with E-state index in [9.17, 15) is 5.26 Å². The van der Waals surface area contributed by atoms with Crippen molar-refractivity contribution in [3.05, 3.63) is 53.6 Å². The second-order valence-electron chi connectivity index (χ2n) is 5.10. The molecule has 0 radical (unpaired) electrons. The molecule has 22 heavy (non-hydrogen) atoms. The summed E-state index contributed by atoms with van der Waals surface area (Å²) >= 11 is 1.50. The molecule has 0 aromatic heterocycles. The Morgan fingerprint density at radius 3 is 2.27 bits per heavy atom. The number of hydrogen-bond donors (Lipinski definition) is 0. The fourth-order valence-electron chi connectivity index (χ4n) is 2.24. The number of aryl methyl sites for hydroxylation is 1. The highest BCUT2D eigenvalue weighted by molar-refractivity contribution is 8.00. The van der Waals surface area contributed by atoms with E-state index in [0.29, 0.717) is 11.5 Å². The molecule has 0 bridgehead atoms. The van der Waals surface area contributed by atoms with Gasteiger partial charge >= 0.3 is 0 Å². The van der Waals surface area contributed by atoms with Crippen LogP contribution in [0, 0.1) is 18.3 Å². The summed E-state index contributed by atoms with van der Waals surface area (Å²) in [6, 6.07) is 16.2. The van der Waals surface area contributed by atoms with Gasteiger partial charge in [-0.15, -0.1) is 0 Å². The van der Waals surface area contributed by atoms with Crippen LogP contribution in [0.5, 0.6) is 11.5 Å². The van der Waals surface area contributed by atoms with Crippen LogP contribution in [0.15, 0.2) is 47.4 Å². The second kappa shape index (κ2) is 6.76. The summed E-state index contributed by atoms with van der Waals surface area (Å²) in [6.45, 7) is 3.94. The topological polar surface area (TPSA) is 42.2 Å². The van der Waals surface area contributed by atoms with Crippen LogP contribution in [0.3, 0.4) is 0 Å². The third-order valence-electron chi connectivity index (χ3n) is 3.47. The second-order valence-corrected chi connectivity index (χ2v) is 6.59. The molecule has 0 aliphatic heterocycles. The van der Waals surface area contributed by atoms with Gasteiger partial charge in [-0.1, -0.05) is 41.6 Å². The quantitative estimate of drug-likeness (QED) is 0.760. The van der Waals surface area contributed by atoms with E-state index in [4.69, 9.17) is 9.47 Å². The number of para-hydroxylation sites is 1. The first-order valence-electron chi connectivity index (χ1n) is 6.92. The molecule has 2 rings (SSSR count). The molecule has 0 fully saturated rings. The zero-order valence-electron chi connectivity index (χ0n) is 13.2. The minimum absolute atomic E-state index is 0.605. The first-order chi connectivity index (χ1) is 10.5. The normalized spacial score (nSPS) is 13.0. The summed E-state index contributed by atoms with van der Waals surface area (Å²) in [5.74, 6) is 1.24. The van der Waals surface area contributed by atoms with Crippen molar-refractivity contribution in [2.75, 3.05) is 14.2 Å². The van der Waals surface area contributed by atoms with E-state index in [1.54, 1.807) is 14.2 Å². The summed E-state index contributed by atoms with van der Waals surface area (Å²) in [7, 11) is 3.19. The number of thioether (sulfide) groups is 1. The standard InChI is InChI=1S/C18H19NO2S/c1-13-8-10-14(11-9-13)22-18(2,12-19)15-6-5-7-16(20-3)17(15)21-4/h5-11H,1-4H3. The molecule has 0 aliphatic rings. The lowest BCUT2D eigenvalue weighted by atomic mass is 10.00. The molecular formula is C18H19NO2S. The lowest BCUT2D eigenvalue weighted by Crippen LogP contribution is -2.16. The van der Waals surface area contributed by atoms with Crippen LogP contribution in [0.1, 0.15) is 18.1 Å². The van der Waals surface area contributed by atoms with Crippen LogP contribution in [0.2, 0.25) is 0 Å². The summed E-state index contributed by atoms with van der Waals surface area (Å²) in [4.78, 5) is 1.04. The first kappa shape index (κ1) is 16.3. The zero-order valence-corrected chi connectivity index (χ0v) is 14.0. The van der Waals surface area contributed by atoms with E-state index in [0.717, 1.165) is 10.5 Å². The minimum atomic E-state index is -0.769. The van der Waals surface area contributed by atoms with E-state index >= 15 is 0 Å². The van der Waals surface area contributed by atoms with Gasteiger partial charge in [-0.25, -0.2) is 0 Å². The van der Waals surface area contributed by atoms with Crippen molar-refractivity contribution >= 4 is 11.8 Å². The Morgan fingerprint density at radius 2 is 1.73 bits per heavy atom. The lowest BCUT2D eigenvalue weighted by molar-refractivity contribution is 0.350. The highest BCUT2D eigenvalue weighted by atomic mass is 32.2. The van der Waals surface area contributed by atoms with Crippen molar-refractivity contribution in [2.24, 2.45) is 0 Å². The molecule has 1 unspecified atom stereocenters. The summed E-state index contributed by atoms with van der Waals surface area (Å²) in [6.07, 6.45) is 0. The number of rotatable bonds is 5. The van der Waals surface area contributed by atoms with Gasteiger partial charge in [0.15, 0.2) is 11.5 Å². The molecule has 2 aromatic rings. The minimum Gasteiger partial charge on any atom is -0.493 e. The van der Waals surface area contributed by atoms with Crippen molar-refractivity contribution < 1.29 is 9.47 Å². The van der Waals surface area contributed by atoms with Gasteiger partial charge in [0.05, 0.1) is 20.3 Å². The van der Waals surface area contributed by atoms with E-state index in [1.165, 1.54) is 17.3 Å². The van der Waals surface area contributed by atoms with E-state index in [1.807, 2.05) is 56.3 Å². The zero-order chi connectivity index (χ0) is 16.2. The predicted molar refractivity (Wildman–Crippen MR) is 89.5 cm³/mol. The van der Waals surface area contributed by atoms with Crippen molar-refractivity contribution in [3.8, 4) is 17.6 Å². The van der Waals surface area contributed by atoms with Gasteiger partial charge in [0.1, 0.15) is 4.75 Å². The number of methoxy groups -OCH3 is 2. The molecule has 1 atom stereocenters. The maximum absolute atomic E-state index is 9.77. The largest absolute Gasteiger partial charge is 0.493 e. The molecule has 4 heteroatoms. The number of nitriles is 1. The SMILES string of the molecule is COc1cccc(C(C)(C#N)Sc2ccc(C)cc2)c1OC. The van der Waals surface area contributed by atoms with Crippen LogP contribution >= 0.6 is 11.8 Å². The molecule has 0 heterocycles. The Labute approximate surface area is 135 Å². The third kappa shape index (κ3) is 3.20. The van der Waals surface area contributed by atoms with Crippen LogP contribution in [0.4, 0.5) is 0 Å². The molecule has 0 aliphatic carbocycles. The molecule has 0 amide bonds. The fourth-order valence-corrected chi connectivity index (χ4v) is 3.30. The Balaban J connectivity index is 2.46. The van der Waals surface area contributed by atoms with E-state index in [2.05, 4.69) is 6.07 Å². The predicted octanol–water partition coefficient (Wildman–Crippen LogP) is 4.54. The van der Waals surface area contributed by atoms with Crippen molar-refractivity contribution in [1.29, 1.82) is 5.26 Å². The van der Waals surface area contributed by atoms with Gasteiger partial charge in [0.2, 0.25) is 0 Å². The first-order valence-corrected chi connectivity index (χ1v) is 7.74. The van der Waals surface area contributed by atoms with Gasteiger partial charge in [-0.3, -0.25) is 0 Å². The average molecular weight is 313 g/mol. The van der Waals surface area contributed by atoms with Crippen molar-refractivity contribution in [2.45, 2.75) is 23.5 Å². The van der Waals surface area contributed by atoms with Crippen molar-refractivity contribution in [1.82, 2.24) is 0 Å². The van der Waals surface area contributed by atoms with Crippen LogP contribution in [0.25, 0.3) is 0 Å². The third-order valence-corrected chi connectivity index (χ3v) is 4.70. The molecule has 114 valence electrons. The maximum atomic E-state index is 9.77. The number of nitrogens with zero attached hydrogens (tertiary/aromatic N) is 1. The van der Waals surface area contributed by atoms with Crippen LogP contribution in [-0.2, 0) is 4.75 Å². The Morgan fingerprint density at radius 1 is 1.05 bits per heavy atom. The molecule has 3 nitrogen and oxygen atoms in total. The highest BCUT2D eigenvalue weighted by Gasteiger charge is 2.32. The van der Waals surface area contributed by atoms with E-state index in [-0.39, 0.29) is 0 Å². The molecule has 0 saturated carbocycles.